The van der Waals surface area contributed by atoms with Gasteiger partial charge in [0.05, 0.1) is 6.61 Å². The number of likely N-dealkylation sites (N-methyl/N-ethyl adjacent to an activating group) is 1. The first-order valence-corrected chi connectivity index (χ1v) is 3.09. The van der Waals surface area contributed by atoms with E-state index in [-0.39, 0.29) is 0 Å². The number of morpholine rings is 1. The van der Waals surface area contributed by atoms with Crippen molar-refractivity contribution in [2.24, 2.45) is 4.99 Å². The lowest BCUT2D eigenvalue weighted by molar-refractivity contribution is 0.125. The lowest BCUT2D eigenvalue weighted by Gasteiger charge is -2.24. The van der Waals surface area contributed by atoms with Crippen LogP contribution in [0.15, 0.2) is 4.99 Å². The molecule has 0 radical (unpaired) electrons. The van der Waals surface area contributed by atoms with Gasteiger partial charge in [-0.05, 0) is 0 Å². The van der Waals surface area contributed by atoms with Crippen molar-refractivity contribution in [3.63, 3.8) is 0 Å². The van der Waals surface area contributed by atoms with Gasteiger partial charge in [0.2, 0.25) is 6.19 Å². The van der Waals surface area contributed by atoms with Gasteiger partial charge >= 0.3 is 0 Å². The van der Waals surface area contributed by atoms with E-state index in [0.717, 1.165) is 13.2 Å². The number of nitrogens with zero attached hydrogens (tertiary/aromatic N) is 3. The predicted molar refractivity (Wildman–Crippen MR) is 36.5 cm³/mol. The van der Waals surface area contributed by atoms with E-state index < -0.39 is 0 Å². The summed E-state index contributed by atoms with van der Waals surface area (Å²) in [6.45, 7) is 2.01. The van der Waals surface area contributed by atoms with Gasteiger partial charge in [-0.2, -0.15) is 10.3 Å². The van der Waals surface area contributed by atoms with Gasteiger partial charge < -0.3 is 9.64 Å². The van der Waals surface area contributed by atoms with Crippen molar-refractivity contribution < 1.29 is 4.74 Å². The standard InChI is InChI=1S/C6H9N3O/c1-9-2-3-10-4-6(9)8-5-7/h2-4H2,1H3. The minimum Gasteiger partial charge on any atom is -0.372 e. The number of nitriles is 1. The van der Waals surface area contributed by atoms with Crippen molar-refractivity contribution in [2.75, 3.05) is 26.8 Å². The Morgan fingerprint density at radius 3 is 3.20 bits per heavy atom. The zero-order chi connectivity index (χ0) is 7.40. The molecule has 0 aliphatic carbocycles. The highest BCUT2D eigenvalue weighted by atomic mass is 16.5. The molecule has 0 bridgehead atoms. The molecule has 54 valence electrons. The molecule has 0 unspecified atom stereocenters. The molecule has 4 nitrogen and oxygen atoms in total. The maximum atomic E-state index is 8.22. The van der Waals surface area contributed by atoms with Crippen molar-refractivity contribution in [3.05, 3.63) is 0 Å². The maximum Gasteiger partial charge on any atom is 0.207 e. The third kappa shape index (κ3) is 1.45. The van der Waals surface area contributed by atoms with E-state index in [1.165, 1.54) is 0 Å². The minimum atomic E-state index is 0.462. The predicted octanol–water partition coefficient (Wildman–Crippen LogP) is -0.172. The zero-order valence-electron chi connectivity index (χ0n) is 5.87. The Balaban J connectivity index is 2.58. The van der Waals surface area contributed by atoms with E-state index in [1.54, 1.807) is 6.19 Å². The van der Waals surface area contributed by atoms with E-state index in [9.17, 15) is 0 Å². The molecule has 0 N–H and O–H groups in total. The molecule has 0 aromatic rings. The normalized spacial score (nSPS) is 22.8. The fourth-order valence-corrected chi connectivity index (χ4v) is 0.780. The van der Waals surface area contributed by atoms with Crippen LogP contribution in [0.25, 0.3) is 0 Å². The molecule has 1 heterocycles. The van der Waals surface area contributed by atoms with Gasteiger partial charge in [-0.15, -0.1) is 0 Å². The van der Waals surface area contributed by atoms with E-state index in [0.29, 0.717) is 12.4 Å². The molecule has 1 saturated heterocycles. The Morgan fingerprint density at radius 2 is 2.60 bits per heavy atom. The van der Waals surface area contributed by atoms with Crippen LogP contribution in [0.3, 0.4) is 0 Å². The quantitative estimate of drug-likeness (QED) is 0.438. The molecule has 1 fully saturated rings. The first-order valence-electron chi connectivity index (χ1n) is 3.09. The summed E-state index contributed by atoms with van der Waals surface area (Å²) in [6, 6.07) is 0. The fourth-order valence-electron chi connectivity index (χ4n) is 0.780. The van der Waals surface area contributed by atoms with Gasteiger partial charge in [0, 0.05) is 13.6 Å². The molecule has 1 aliphatic rings. The highest BCUT2D eigenvalue weighted by Gasteiger charge is 2.11. The lowest BCUT2D eigenvalue weighted by Crippen LogP contribution is -2.38. The largest absolute Gasteiger partial charge is 0.372 e. The highest BCUT2D eigenvalue weighted by Crippen LogP contribution is 1.96. The number of aliphatic imine (C=N–C) groups is 1. The van der Waals surface area contributed by atoms with E-state index in [4.69, 9.17) is 10.00 Å². The zero-order valence-corrected chi connectivity index (χ0v) is 5.87. The second-order valence-corrected chi connectivity index (χ2v) is 2.10. The molecule has 0 atom stereocenters. The summed E-state index contributed by atoms with van der Waals surface area (Å²) in [7, 11) is 1.90. The maximum absolute atomic E-state index is 8.22. The van der Waals surface area contributed by atoms with Crippen LogP contribution in [0.1, 0.15) is 0 Å². The summed E-state index contributed by atoms with van der Waals surface area (Å²) >= 11 is 0. The topological polar surface area (TPSA) is 48.6 Å². The van der Waals surface area contributed by atoms with Gasteiger partial charge in [-0.1, -0.05) is 0 Å². The summed E-state index contributed by atoms with van der Waals surface area (Å²) < 4.78 is 5.08. The third-order valence-corrected chi connectivity index (χ3v) is 1.42. The Morgan fingerprint density at radius 1 is 1.80 bits per heavy atom. The molecular formula is C6H9N3O. The number of hydrogen-bond acceptors (Lipinski definition) is 3. The van der Waals surface area contributed by atoms with Gasteiger partial charge in [-0.3, -0.25) is 0 Å². The van der Waals surface area contributed by atoms with Crippen LogP contribution in [0.5, 0.6) is 0 Å². The smallest absolute Gasteiger partial charge is 0.207 e. The van der Waals surface area contributed by atoms with Crippen LogP contribution in [-0.2, 0) is 4.74 Å². The molecular weight excluding hydrogens is 130 g/mol. The monoisotopic (exact) mass is 139 g/mol. The molecule has 0 saturated carbocycles. The Labute approximate surface area is 59.7 Å². The average Bonchev–Trinajstić information content (AvgIpc) is 1.94. The van der Waals surface area contributed by atoms with Crippen LogP contribution >= 0.6 is 0 Å². The van der Waals surface area contributed by atoms with E-state index in [2.05, 4.69) is 4.99 Å². The molecule has 0 aromatic carbocycles. The Bertz CT molecular complexity index is 182. The van der Waals surface area contributed by atoms with Gasteiger partial charge in [0.25, 0.3) is 0 Å². The molecule has 1 rings (SSSR count). The number of amidine groups is 1. The van der Waals surface area contributed by atoms with Gasteiger partial charge in [-0.25, -0.2) is 0 Å². The number of rotatable bonds is 0. The molecule has 0 spiro atoms. The van der Waals surface area contributed by atoms with Crippen molar-refractivity contribution in [1.29, 1.82) is 5.26 Å². The summed E-state index contributed by atoms with van der Waals surface area (Å²) in [5.41, 5.74) is 0. The molecule has 10 heavy (non-hydrogen) atoms. The molecule has 0 amide bonds. The first-order chi connectivity index (χ1) is 4.84. The van der Waals surface area contributed by atoms with Gasteiger partial charge in [0.15, 0.2) is 0 Å². The molecule has 0 aromatic heterocycles. The van der Waals surface area contributed by atoms with Crippen LogP contribution in [-0.4, -0.2) is 37.5 Å². The SMILES string of the molecule is CN1CCOCC1=NC#N. The van der Waals surface area contributed by atoms with Gasteiger partial charge in [0.1, 0.15) is 12.4 Å². The highest BCUT2D eigenvalue weighted by molar-refractivity contribution is 5.84. The van der Waals surface area contributed by atoms with E-state index in [1.807, 2.05) is 11.9 Å². The Kier molecular flexibility index (Phi) is 2.24. The Hall–Kier alpha value is -1.08. The van der Waals surface area contributed by atoms with Crippen LogP contribution in [0.2, 0.25) is 0 Å². The lowest BCUT2D eigenvalue weighted by atomic mass is 10.4. The van der Waals surface area contributed by atoms with Crippen LogP contribution in [0.4, 0.5) is 0 Å². The van der Waals surface area contributed by atoms with Crippen molar-refractivity contribution in [3.8, 4) is 6.19 Å². The summed E-state index contributed by atoms with van der Waals surface area (Å²) in [4.78, 5) is 5.51. The minimum absolute atomic E-state index is 0.462. The summed E-state index contributed by atoms with van der Waals surface area (Å²) in [5, 5.41) is 8.22. The number of ether oxygens (including phenoxy) is 1. The van der Waals surface area contributed by atoms with Crippen molar-refractivity contribution in [1.82, 2.24) is 4.90 Å². The molecule has 4 heteroatoms. The van der Waals surface area contributed by atoms with Crippen molar-refractivity contribution in [2.45, 2.75) is 0 Å². The van der Waals surface area contributed by atoms with Crippen molar-refractivity contribution >= 4 is 5.84 Å². The van der Waals surface area contributed by atoms with E-state index >= 15 is 0 Å². The fraction of sp³-hybridized carbons (Fsp3) is 0.667. The number of hydrogen-bond donors (Lipinski definition) is 0. The molecule has 1 aliphatic heterocycles. The van der Waals surface area contributed by atoms with Crippen LogP contribution < -0.4 is 0 Å². The second kappa shape index (κ2) is 3.18. The third-order valence-electron chi connectivity index (χ3n) is 1.42. The first kappa shape index (κ1) is 7.03. The summed E-state index contributed by atoms with van der Waals surface area (Å²) in [5.74, 6) is 0.716. The average molecular weight is 139 g/mol. The summed E-state index contributed by atoms with van der Waals surface area (Å²) in [6.07, 6.45) is 1.73. The second-order valence-electron chi connectivity index (χ2n) is 2.10. The van der Waals surface area contributed by atoms with Crippen LogP contribution in [0, 0.1) is 11.5 Å².